The van der Waals surface area contributed by atoms with Crippen LogP contribution in [0.1, 0.15) is 34.8 Å². The molecule has 1 fully saturated rings. The molecule has 0 bridgehead atoms. The summed E-state index contributed by atoms with van der Waals surface area (Å²) in [4.78, 5) is 23.5. The molecule has 148 valence electrons. The summed E-state index contributed by atoms with van der Waals surface area (Å²) >= 11 is 1.68. The van der Waals surface area contributed by atoms with Crippen LogP contribution in [0.25, 0.3) is 0 Å². The highest BCUT2D eigenvalue weighted by Gasteiger charge is 2.14. The normalized spacial score (nSPS) is 17.4. The maximum absolute atomic E-state index is 11.8. The largest absolute Gasteiger partial charge is 0.376 e. The molecule has 0 aromatic carbocycles. The average Bonchev–Trinajstić information content (AvgIpc) is 2.92. The molecule has 2 rings (SSSR count). The molecule has 0 radical (unpaired) electrons. The summed E-state index contributed by atoms with van der Waals surface area (Å²) < 4.78 is 5.74. The molecule has 9 heteroatoms. The van der Waals surface area contributed by atoms with Gasteiger partial charge in [0.25, 0.3) is 0 Å². The standard InChI is InChI=1S/C17H29N5O2S.HI/c1-12-13(2)25-15(21-12)10-19-17(20-11-16(23)22(3)4)18-9-14-7-5-6-8-24-14;/h14H,5-11H2,1-4H3,(H2,18,19,20);1H. The van der Waals surface area contributed by atoms with E-state index in [0.29, 0.717) is 19.0 Å². The van der Waals surface area contributed by atoms with E-state index in [4.69, 9.17) is 4.74 Å². The molecule has 2 N–H and O–H groups in total. The molecule has 0 saturated carbocycles. The first-order valence-electron chi connectivity index (χ1n) is 8.72. The summed E-state index contributed by atoms with van der Waals surface area (Å²) in [7, 11) is 3.46. The molecule has 1 saturated heterocycles. The third-order valence-electron chi connectivity index (χ3n) is 4.12. The van der Waals surface area contributed by atoms with Crippen molar-refractivity contribution >= 4 is 47.2 Å². The lowest BCUT2D eigenvalue weighted by atomic mass is 10.1. The number of carbonyl (C=O) groups excluding carboxylic acids is 1. The van der Waals surface area contributed by atoms with Crippen molar-refractivity contribution in [2.45, 2.75) is 45.8 Å². The number of amides is 1. The van der Waals surface area contributed by atoms with E-state index >= 15 is 0 Å². The van der Waals surface area contributed by atoms with E-state index in [9.17, 15) is 4.79 Å². The van der Waals surface area contributed by atoms with Gasteiger partial charge in [-0.15, -0.1) is 35.3 Å². The molecule has 7 nitrogen and oxygen atoms in total. The minimum Gasteiger partial charge on any atom is -0.376 e. The number of hydrogen-bond donors (Lipinski definition) is 2. The van der Waals surface area contributed by atoms with Crippen LogP contribution in [0.3, 0.4) is 0 Å². The Labute approximate surface area is 177 Å². The van der Waals surface area contributed by atoms with Crippen molar-refractivity contribution in [3.8, 4) is 0 Å². The minimum absolute atomic E-state index is 0. The number of aliphatic imine (C=N–C) groups is 1. The number of aryl methyl sites for hydroxylation is 2. The number of carbonyl (C=O) groups is 1. The quantitative estimate of drug-likeness (QED) is 0.359. The lowest BCUT2D eigenvalue weighted by Gasteiger charge is -2.23. The van der Waals surface area contributed by atoms with Gasteiger partial charge in [0.1, 0.15) is 11.6 Å². The van der Waals surface area contributed by atoms with E-state index in [2.05, 4.69) is 27.5 Å². The maximum atomic E-state index is 11.8. The summed E-state index contributed by atoms with van der Waals surface area (Å²) in [6.45, 7) is 6.30. The second-order valence-corrected chi connectivity index (χ2v) is 7.71. The molecule has 1 atom stereocenters. The van der Waals surface area contributed by atoms with Crippen LogP contribution < -0.4 is 10.6 Å². The Bertz CT molecular complexity index is 580. The smallest absolute Gasteiger partial charge is 0.243 e. The van der Waals surface area contributed by atoms with Gasteiger partial charge in [-0.3, -0.25) is 4.79 Å². The van der Waals surface area contributed by atoms with E-state index in [-0.39, 0.29) is 42.5 Å². The van der Waals surface area contributed by atoms with Gasteiger partial charge in [0.05, 0.1) is 18.3 Å². The Kier molecular flexibility index (Phi) is 10.4. The molecule has 2 heterocycles. The molecular weight excluding hydrogens is 465 g/mol. The van der Waals surface area contributed by atoms with E-state index in [1.807, 2.05) is 6.92 Å². The fourth-order valence-electron chi connectivity index (χ4n) is 2.42. The highest BCUT2D eigenvalue weighted by molar-refractivity contribution is 14.0. The van der Waals surface area contributed by atoms with Gasteiger partial charge >= 0.3 is 0 Å². The van der Waals surface area contributed by atoms with Crippen molar-refractivity contribution in [1.82, 2.24) is 20.5 Å². The van der Waals surface area contributed by atoms with Gasteiger partial charge in [-0.05, 0) is 33.1 Å². The van der Waals surface area contributed by atoms with Gasteiger partial charge < -0.3 is 20.3 Å². The second-order valence-electron chi connectivity index (χ2n) is 6.43. The van der Waals surface area contributed by atoms with Crippen LogP contribution in [-0.2, 0) is 16.1 Å². The van der Waals surface area contributed by atoms with Gasteiger partial charge in [-0.25, -0.2) is 9.98 Å². The Balaban J connectivity index is 0.00000338. The molecule has 0 spiro atoms. The molecule has 1 aromatic rings. The Hall–Kier alpha value is -0.940. The Morgan fingerprint density at radius 1 is 1.35 bits per heavy atom. The zero-order chi connectivity index (χ0) is 18.2. The fraction of sp³-hybridized carbons (Fsp3) is 0.706. The number of rotatable bonds is 6. The van der Waals surface area contributed by atoms with Gasteiger partial charge in [0.2, 0.25) is 5.91 Å². The number of aromatic nitrogens is 1. The fourth-order valence-corrected chi connectivity index (χ4v) is 3.29. The second kappa shape index (κ2) is 11.7. The molecule has 1 amide bonds. The maximum Gasteiger partial charge on any atom is 0.243 e. The summed E-state index contributed by atoms with van der Waals surface area (Å²) in [6, 6.07) is 0. The lowest BCUT2D eigenvalue weighted by Crippen LogP contribution is -2.43. The average molecular weight is 495 g/mol. The molecule has 1 unspecified atom stereocenters. The van der Waals surface area contributed by atoms with Crippen LogP contribution in [0, 0.1) is 13.8 Å². The first-order valence-corrected chi connectivity index (χ1v) is 9.54. The third kappa shape index (κ3) is 7.75. The Morgan fingerprint density at radius 2 is 2.12 bits per heavy atom. The molecule has 26 heavy (non-hydrogen) atoms. The molecule has 1 aliphatic rings. The van der Waals surface area contributed by atoms with Gasteiger partial charge in [0.15, 0.2) is 5.96 Å². The number of thiazole rings is 1. The van der Waals surface area contributed by atoms with Crippen molar-refractivity contribution in [2.75, 3.05) is 33.8 Å². The summed E-state index contributed by atoms with van der Waals surface area (Å²) in [5.41, 5.74) is 1.06. The van der Waals surface area contributed by atoms with Gasteiger partial charge in [-0.1, -0.05) is 0 Å². The number of nitrogens with zero attached hydrogens (tertiary/aromatic N) is 3. The van der Waals surface area contributed by atoms with Crippen molar-refractivity contribution in [2.24, 2.45) is 4.99 Å². The van der Waals surface area contributed by atoms with Crippen LogP contribution in [0.15, 0.2) is 4.99 Å². The van der Waals surface area contributed by atoms with Gasteiger partial charge in [0, 0.05) is 32.1 Å². The van der Waals surface area contributed by atoms with Crippen LogP contribution in [-0.4, -0.2) is 61.6 Å². The molecule has 1 aliphatic heterocycles. The third-order valence-corrected chi connectivity index (χ3v) is 5.20. The highest BCUT2D eigenvalue weighted by atomic mass is 127. The summed E-state index contributed by atoms with van der Waals surface area (Å²) in [6.07, 6.45) is 3.59. The van der Waals surface area contributed by atoms with E-state index < -0.39 is 0 Å². The molecule has 0 aliphatic carbocycles. The van der Waals surface area contributed by atoms with E-state index in [0.717, 1.165) is 30.2 Å². The van der Waals surface area contributed by atoms with Crippen LogP contribution >= 0.6 is 35.3 Å². The number of likely N-dealkylation sites (N-methyl/N-ethyl adjacent to an activating group) is 1. The van der Waals surface area contributed by atoms with E-state index in [1.165, 1.54) is 11.3 Å². The predicted molar refractivity (Wildman–Crippen MR) is 116 cm³/mol. The zero-order valence-electron chi connectivity index (χ0n) is 16.0. The molecule has 1 aromatic heterocycles. The van der Waals surface area contributed by atoms with E-state index in [1.54, 1.807) is 30.3 Å². The number of nitrogens with one attached hydrogen (secondary N) is 2. The zero-order valence-corrected chi connectivity index (χ0v) is 19.1. The first kappa shape index (κ1) is 23.1. The molecular formula is C17H30IN5O2S. The van der Waals surface area contributed by atoms with Crippen molar-refractivity contribution in [3.63, 3.8) is 0 Å². The van der Waals surface area contributed by atoms with Crippen molar-refractivity contribution < 1.29 is 9.53 Å². The number of ether oxygens (including phenoxy) is 1. The van der Waals surface area contributed by atoms with Crippen LogP contribution in [0.4, 0.5) is 0 Å². The SMILES string of the molecule is Cc1nc(CNC(=NCC(=O)N(C)C)NCC2CCCCO2)sc1C.I. The number of guanidine groups is 1. The van der Waals surface area contributed by atoms with Crippen molar-refractivity contribution in [3.05, 3.63) is 15.6 Å². The first-order chi connectivity index (χ1) is 12.0. The lowest BCUT2D eigenvalue weighted by molar-refractivity contribution is -0.127. The minimum atomic E-state index is -0.0315. The number of halogens is 1. The number of hydrogen-bond acceptors (Lipinski definition) is 5. The predicted octanol–water partition coefficient (Wildman–Crippen LogP) is 2.07. The van der Waals surface area contributed by atoms with Crippen LogP contribution in [0.5, 0.6) is 0 Å². The summed E-state index contributed by atoms with van der Waals surface area (Å²) in [5, 5.41) is 7.58. The van der Waals surface area contributed by atoms with Crippen molar-refractivity contribution in [1.29, 1.82) is 0 Å². The topological polar surface area (TPSA) is 78.9 Å². The summed E-state index contributed by atoms with van der Waals surface area (Å²) in [5.74, 6) is 0.589. The monoisotopic (exact) mass is 495 g/mol. The Morgan fingerprint density at radius 3 is 2.69 bits per heavy atom. The highest BCUT2D eigenvalue weighted by Crippen LogP contribution is 2.16. The van der Waals surface area contributed by atoms with Crippen LogP contribution in [0.2, 0.25) is 0 Å². The van der Waals surface area contributed by atoms with Gasteiger partial charge in [-0.2, -0.15) is 0 Å².